The molecule has 2 nitrogen and oxygen atoms in total. The van der Waals surface area contributed by atoms with Gasteiger partial charge in [0.1, 0.15) is 0 Å². The van der Waals surface area contributed by atoms with Gasteiger partial charge in [-0.1, -0.05) is 188 Å². The topological polar surface area (TPSA) is 9.86 Å². The van der Waals surface area contributed by atoms with Crippen LogP contribution in [0.2, 0.25) is 0 Å². The first-order chi connectivity index (χ1) is 31.8. The lowest BCUT2D eigenvalue weighted by atomic mass is 9.79. The van der Waals surface area contributed by atoms with Crippen molar-refractivity contribution in [2.75, 3.05) is 0 Å². The molecule has 1 aliphatic carbocycles. The number of rotatable bonds is 3. The molecule has 0 unspecified atom stereocenters. The van der Waals surface area contributed by atoms with Crippen molar-refractivity contribution in [3.05, 3.63) is 231 Å². The highest BCUT2D eigenvalue weighted by molar-refractivity contribution is 6.30. The number of aromatic nitrogens is 2. The van der Waals surface area contributed by atoms with Crippen LogP contribution in [0.15, 0.2) is 231 Å². The monoisotopic (exact) mass is 810 g/mol. The fraction of sp³-hybridized carbons (Fsp3) is 0. The van der Waals surface area contributed by atoms with Crippen LogP contribution >= 0.6 is 0 Å². The van der Waals surface area contributed by atoms with Gasteiger partial charge in [-0.2, -0.15) is 0 Å². The Bertz CT molecular complexity index is 4010. The van der Waals surface area contributed by atoms with Gasteiger partial charge in [0.05, 0.1) is 27.8 Å². The first-order valence-corrected chi connectivity index (χ1v) is 22.2. The van der Waals surface area contributed by atoms with E-state index < -0.39 is 0 Å². The third kappa shape index (κ3) is 4.85. The summed E-state index contributed by atoms with van der Waals surface area (Å²) in [5.41, 5.74) is 19.7. The fourth-order valence-electron chi connectivity index (χ4n) is 11.3. The van der Waals surface area contributed by atoms with E-state index in [1.165, 1.54) is 126 Å². The van der Waals surface area contributed by atoms with Crippen LogP contribution in [0.3, 0.4) is 0 Å². The molecule has 0 N–H and O–H groups in total. The van der Waals surface area contributed by atoms with Crippen molar-refractivity contribution < 1.29 is 0 Å². The number of para-hydroxylation sites is 3. The van der Waals surface area contributed by atoms with E-state index in [1.54, 1.807) is 0 Å². The summed E-state index contributed by atoms with van der Waals surface area (Å²) < 4.78 is 4.98. The van der Waals surface area contributed by atoms with Crippen LogP contribution in [0.4, 0.5) is 0 Å². The second-order valence-corrected chi connectivity index (χ2v) is 17.1. The molecular formula is C62H38N2. The lowest BCUT2D eigenvalue weighted by molar-refractivity contribution is 1.18. The highest BCUT2D eigenvalue weighted by atomic mass is 15.0. The Kier molecular flexibility index (Phi) is 7.43. The molecule has 0 spiro atoms. The average Bonchev–Trinajstić information content (AvgIpc) is 3.88. The Morgan fingerprint density at radius 3 is 1.12 bits per heavy atom. The summed E-state index contributed by atoms with van der Waals surface area (Å²) in [6.07, 6.45) is 0. The largest absolute Gasteiger partial charge is 0.309 e. The van der Waals surface area contributed by atoms with Gasteiger partial charge in [-0.05, 0) is 109 Å². The van der Waals surface area contributed by atoms with Crippen molar-refractivity contribution in [1.82, 2.24) is 9.13 Å². The smallest absolute Gasteiger partial charge is 0.0619 e. The van der Waals surface area contributed by atoms with E-state index >= 15 is 0 Å². The molecule has 14 rings (SSSR count). The van der Waals surface area contributed by atoms with Crippen molar-refractivity contribution in [2.45, 2.75) is 0 Å². The molecule has 0 atom stereocenters. The van der Waals surface area contributed by atoms with Crippen LogP contribution in [0, 0.1) is 0 Å². The Balaban J connectivity index is 1.08. The molecule has 296 valence electrons. The summed E-state index contributed by atoms with van der Waals surface area (Å²) in [6, 6.07) is 85.4. The van der Waals surface area contributed by atoms with Gasteiger partial charge in [-0.15, -0.1) is 0 Å². The quantitative estimate of drug-likeness (QED) is 0.157. The van der Waals surface area contributed by atoms with Crippen molar-refractivity contribution in [3.8, 4) is 67.0 Å². The Morgan fingerprint density at radius 1 is 0.234 bits per heavy atom. The summed E-state index contributed by atoms with van der Waals surface area (Å²) in [7, 11) is 0. The lowest BCUT2D eigenvalue weighted by Crippen LogP contribution is -2.00. The minimum Gasteiger partial charge on any atom is -0.309 e. The lowest BCUT2D eigenvalue weighted by Gasteiger charge is -2.24. The summed E-state index contributed by atoms with van der Waals surface area (Å²) in [5.74, 6) is 0. The van der Waals surface area contributed by atoms with Crippen LogP contribution < -0.4 is 0 Å². The first-order valence-electron chi connectivity index (χ1n) is 22.2. The third-order valence-corrected chi connectivity index (χ3v) is 13.9. The second-order valence-electron chi connectivity index (χ2n) is 17.1. The van der Waals surface area contributed by atoms with Crippen molar-refractivity contribution in [3.63, 3.8) is 0 Å². The van der Waals surface area contributed by atoms with Gasteiger partial charge in [-0.25, -0.2) is 0 Å². The molecule has 13 aromatic rings. The van der Waals surface area contributed by atoms with Gasteiger partial charge in [0.25, 0.3) is 0 Å². The van der Waals surface area contributed by atoms with Gasteiger partial charge in [0.2, 0.25) is 0 Å². The normalized spacial score (nSPS) is 12.1. The van der Waals surface area contributed by atoms with E-state index in [9.17, 15) is 0 Å². The summed E-state index contributed by atoms with van der Waals surface area (Å²) >= 11 is 0. The highest BCUT2D eigenvalue weighted by Crippen LogP contribution is 2.51. The standard InChI is InChI=1S/C62H38N2/c1-2-18-40(19-3-1)63-55-32-16-14-30-52(55)60-57(63)36-37-58-61(60)53-31-15-17-33-56(53)64(58)62-50-28-12-10-26-48(50)59(49-27-11-13-29-51(49)62)39-34-35-47-45-24-7-6-22-43(45)41-20-4-5-21-42(41)44-23-8-9-25-46(44)54(47)38-39/h1-38H. The van der Waals surface area contributed by atoms with E-state index in [2.05, 4.69) is 240 Å². The summed E-state index contributed by atoms with van der Waals surface area (Å²) in [4.78, 5) is 0. The maximum Gasteiger partial charge on any atom is 0.0619 e. The number of hydrogen-bond acceptors (Lipinski definition) is 0. The number of hydrogen-bond donors (Lipinski definition) is 0. The van der Waals surface area contributed by atoms with Crippen LogP contribution in [-0.2, 0) is 0 Å². The van der Waals surface area contributed by atoms with E-state index in [1.807, 2.05) is 0 Å². The predicted octanol–water partition coefficient (Wildman–Crippen LogP) is 16.8. The molecule has 0 bridgehead atoms. The van der Waals surface area contributed by atoms with Gasteiger partial charge < -0.3 is 9.13 Å². The Labute approximate surface area is 370 Å². The zero-order chi connectivity index (χ0) is 41.9. The predicted molar refractivity (Wildman–Crippen MR) is 271 cm³/mol. The van der Waals surface area contributed by atoms with E-state index in [0.717, 1.165) is 5.69 Å². The third-order valence-electron chi connectivity index (χ3n) is 13.9. The minimum atomic E-state index is 1.16. The SMILES string of the molecule is c1ccc(-n2c3ccccc3c3c4c5ccccc5n(-c5c6ccccc6c(-c6ccc7c(c6)-c6ccccc6-c6ccccc6-c6ccccc6-7)c6ccccc56)c4ccc32)cc1. The van der Waals surface area contributed by atoms with Gasteiger partial charge in [-0.3, -0.25) is 0 Å². The minimum absolute atomic E-state index is 1.16. The van der Waals surface area contributed by atoms with Crippen molar-refractivity contribution >= 4 is 65.2 Å². The fourth-order valence-corrected chi connectivity index (χ4v) is 11.3. The number of nitrogens with zero attached hydrogens (tertiary/aromatic N) is 2. The van der Waals surface area contributed by atoms with Crippen LogP contribution in [-0.4, -0.2) is 9.13 Å². The molecule has 0 amide bonds. The van der Waals surface area contributed by atoms with Crippen LogP contribution in [0.5, 0.6) is 0 Å². The Morgan fingerprint density at radius 2 is 0.609 bits per heavy atom. The molecule has 11 aromatic carbocycles. The molecule has 64 heavy (non-hydrogen) atoms. The van der Waals surface area contributed by atoms with Gasteiger partial charge in [0, 0.05) is 38.0 Å². The molecule has 0 saturated carbocycles. The van der Waals surface area contributed by atoms with Crippen LogP contribution in [0.25, 0.3) is 132 Å². The maximum absolute atomic E-state index is 2.55. The molecule has 0 fully saturated rings. The second kappa shape index (κ2) is 13.5. The van der Waals surface area contributed by atoms with E-state index in [4.69, 9.17) is 0 Å². The molecule has 2 heteroatoms. The highest BCUT2D eigenvalue weighted by Gasteiger charge is 2.26. The molecular weight excluding hydrogens is 773 g/mol. The van der Waals surface area contributed by atoms with Crippen molar-refractivity contribution in [1.29, 1.82) is 0 Å². The van der Waals surface area contributed by atoms with Crippen molar-refractivity contribution in [2.24, 2.45) is 0 Å². The van der Waals surface area contributed by atoms with Gasteiger partial charge >= 0.3 is 0 Å². The molecule has 2 heterocycles. The molecule has 0 saturated heterocycles. The van der Waals surface area contributed by atoms with Gasteiger partial charge in [0.15, 0.2) is 0 Å². The van der Waals surface area contributed by atoms with E-state index in [0.29, 0.717) is 0 Å². The summed E-state index contributed by atoms with van der Waals surface area (Å²) in [6.45, 7) is 0. The molecule has 1 aliphatic rings. The summed E-state index contributed by atoms with van der Waals surface area (Å²) in [5, 5.41) is 9.96. The zero-order valence-electron chi connectivity index (χ0n) is 34.8. The van der Waals surface area contributed by atoms with E-state index in [-0.39, 0.29) is 0 Å². The van der Waals surface area contributed by atoms with Crippen LogP contribution in [0.1, 0.15) is 0 Å². The molecule has 0 radical (unpaired) electrons. The number of fused-ring (bicyclic) bond motifs is 17. The maximum atomic E-state index is 2.55. The number of benzene rings is 11. The Hall–Kier alpha value is -8.46. The zero-order valence-corrected chi connectivity index (χ0v) is 34.8. The average molecular weight is 811 g/mol. The molecule has 2 aromatic heterocycles. The first kappa shape index (κ1) is 35.2. The molecule has 0 aliphatic heterocycles.